The smallest absolute Gasteiger partial charge is 0.128 e. The van der Waals surface area contributed by atoms with E-state index < -0.39 is 0 Å². The van der Waals surface area contributed by atoms with Crippen LogP contribution in [-0.2, 0) is 11.3 Å². The SMILES string of the molecule is Nc1ncccc1COCC1CCCC1. The largest absolute Gasteiger partial charge is 0.383 e. The van der Waals surface area contributed by atoms with Gasteiger partial charge in [0.05, 0.1) is 6.61 Å². The van der Waals surface area contributed by atoms with Crippen molar-refractivity contribution in [2.45, 2.75) is 32.3 Å². The molecule has 1 aromatic heterocycles. The first kappa shape index (κ1) is 10.4. The van der Waals surface area contributed by atoms with Crippen LogP contribution in [0.25, 0.3) is 0 Å². The molecular formula is C12H18N2O. The van der Waals surface area contributed by atoms with Gasteiger partial charge in [0, 0.05) is 18.4 Å². The average molecular weight is 206 g/mol. The van der Waals surface area contributed by atoms with Crippen molar-refractivity contribution in [2.75, 3.05) is 12.3 Å². The molecule has 0 aromatic carbocycles. The van der Waals surface area contributed by atoms with Crippen molar-refractivity contribution in [2.24, 2.45) is 5.92 Å². The molecule has 2 N–H and O–H groups in total. The molecule has 0 amide bonds. The minimum Gasteiger partial charge on any atom is -0.383 e. The summed E-state index contributed by atoms with van der Waals surface area (Å²) in [6, 6.07) is 3.86. The first-order chi connectivity index (χ1) is 7.36. The van der Waals surface area contributed by atoms with E-state index in [0.29, 0.717) is 12.4 Å². The average Bonchev–Trinajstić information content (AvgIpc) is 2.74. The maximum atomic E-state index is 5.72. The Morgan fingerprint density at radius 3 is 2.93 bits per heavy atom. The highest BCUT2D eigenvalue weighted by Crippen LogP contribution is 2.25. The van der Waals surface area contributed by atoms with Crippen LogP contribution < -0.4 is 5.73 Å². The van der Waals surface area contributed by atoms with Crippen LogP contribution in [0.4, 0.5) is 5.82 Å². The molecule has 1 heterocycles. The van der Waals surface area contributed by atoms with Crippen molar-refractivity contribution in [1.29, 1.82) is 0 Å². The Morgan fingerprint density at radius 1 is 1.40 bits per heavy atom. The summed E-state index contributed by atoms with van der Waals surface area (Å²) in [5.41, 5.74) is 6.72. The summed E-state index contributed by atoms with van der Waals surface area (Å²) in [6.45, 7) is 1.46. The van der Waals surface area contributed by atoms with E-state index in [1.165, 1.54) is 25.7 Å². The van der Waals surface area contributed by atoms with Crippen LogP contribution in [-0.4, -0.2) is 11.6 Å². The first-order valence-electron chi connectivity index (χ1n) is 5.63. The standard InChI is InChI=1S/C12H18N2O/c13-12-11(6-3-7-14-12)9-15-8-10-4-1-2-5-10/h3,6-7,10H,1-2,4-5,8-9H2,(H2,13,14). The summed E-state index contributed by atoms with van der Waals surface area (Å²) in [5.74, 6) is 1.35. The lowest BCUT2D eigenvalue weighted by molar-refractivity contribution is 0.0891. The molecule has 1 fully saturated rings. The van der Waals surface area contributed by atoms with Gasteiger partial charge in [0.1, 0.15) is 5.82 Å². The predicted molar refractivity (Wildman–Crippen MR) is 60.3 cm³/mol. The molecule has 1 aliphatic carbocycles. The summed E-state index contributed by atoms with van der Waals surface area (Å²) in [6.07, 6.45) is 7.08. The van der Waals surface area contributed by atoms with E-state index in [4.69, 9.17) is 10.5 Å². The van der Waals surface area contributed by atoms with E-state index in [-0.39, 0.29) is 0 Å². The molecule has 0 saturated heterocycles. The second-order valence-corrected chi connectivity index (χ2v) is 4.21. The summed E-state index contributed by atoms with van der Waals surface area (Å²) in [4.78, 5) is 4.03. The maximum Gasteiger partial charge on any atom is 0.128 e. The summed E-state index contributed by atoms with van der Waals surface area (Å²) in [7, 11) is 0. The third kappa shape index (κ3) is 2.93. The third-order valence-electron chi connectivity index (χ3n) is 3.01. The zero-order chi connectivity index (χ0) is 10.5. The molecule has 0 unspecified atom stereocenters. The molecule has 0 atom stereocenters. The van der Waals surface area contributed by atoms with Gasteiger partial charge in [0.15, 0.2) is 0 Å². The van der Waals surface area contributed by atoms with Crippen molar-refractivity contribution >= 4 is 5.82 Å². The van der Waals surface area contributed by atoms with Crippen LogP contribution in [0.15, 0.2) is 18.3 Å². The molecule has 1 saturated carbocycles. The van der Waals surface area contributed by atoms with E-state index in [0.717, 1.165) is 18.1 Å². The number of pyridine rings is 1. The van der Waals surface area contributed by atoms with Gasteiger partial charge in [-0.3, -0.25) is 0 Å². The fraction of sp³-hybridized carbons (Fsp3) is 0.583. The van der Waals surface area contributed by atoms with E-state index in [9.17, 15) is 0 Å². The van der Waals surface area contributed by atoms with Gasteiger partial charge in [-0.1, -0.05) is 18.9 Å². The minimum atomic E-state index is 0.587. The Kier molecular flexibility index (Phi) is 3.56. The predicted octanol–water partition coefficient (Wildman–Crippen LogP) is 2.37. The molecule has 0 radical (unpaired) electrons. The van der Waals surface area contributed by atoms with Crippen molar-refractivity contribution in [3.8, 4) is 0 Å². The van der Waals surface area contributed by atoms with Gasteiger partial charge in [-0.15, -0.1) is 0 Å². The molecule has 2 rings (SSSR count). The molecule has 3 nitrogen and oxygen atoms in total. The topological polar surface area (TPSA) is 48.1 Å². The molecule has 0 bridgehead atoms. The lowest BCUT2D eigenvalue weighted by Crippen LogP contribution is -2.07. The Balaban J connectivity index is 1.75. The van der Waals surface area contributed by atoms with Crippen LogP contribution in [0.3, 0.4) is 0 Å². The molecule has 1 aliphatic rings. The van der Waals surface area contributed by atoms with E-state index in [1.54, 1.807) is 6.20 Å². The van der Waals surface area contributed by atoms with Crippen LogP contribution >= 0.6 is 0 Å². The minimum absolute atomic E-state index is 0.587. The molecule has 1 aromatic rings. The number of hydrogen-bond donors (Lipinski definition) is 1. The van der Waals surface area contributed by atoms with Crippen molar-refractivity contribution < 1.29 is 4.74 Å². The highest BCUT2D eigenvalue weighted by molar-refractivity contribution is 5.37. The maximum absolute atomic E-state index is 5.72. The number of ether oxygens (including phenoxy) is 1. The van der Waals surface area contributed by atoms with Crippen LogP contribution in [0, 0.1) is 5.92 Å². The van der Waals surface area contributed by atoms with Gasteiger partial charge < -0.3 is 10.5 Å². The highest BCUT2D eigenvalue weighted by Gasteiger charge is 2.14. The fourth-order valence-electron chi connectivity index (χ4n) is 2.09. The number of nitrogen functional groups attached to an aromatic ring is 1. The quantitative estimate of drug-likeness (QED) is 0.822. The van der Waals surface area contributed by atoms with Crippen molar-refractivity contribution in [3.63, 3.8) is 0 Å². The van der Waals surface area contributed by atoms with Crippen molar-refractivity contribution in [1.82, 2.24) is 4.98 Å². The monoisotopic (exact) mass is 206 g/mol. The Morgan fingerprint density at radius 2 is 2.20 bits per heavy atom. The fourth-order valence-corrected chi connectivity index (χ4v) is 2.09. The number of nitrogens with two attached hydrogens (primary N) is 1. The Labute approximate surface area is 90.7 Å². The number of rotatable bonds is 4. The van der Waals surface area contributed by atoms with Crippen LogP contribution in [0.2, 0.25) is 0 Å². The molecule has 15 heavy (non-hydrogen) atoms. The van der Waals surface area contributed by atoms with Gasteiger partial charge in [-0.25, -0.2) is 4.98 Å². The van der Waals surface area contributed by atoms with Gasteiger partial charge in [0.25, 0.3) is 0 Å². The summed E-state index contributed by atoms with van der Waals surface area (Å²) in [5, 5.41) is 0. The summed E-state index contributed by atoms with van der Waals surface area (Å²) < 4.78 is 5.66. The van der Waals surface area contributed by atoms with Gasteiger partial charge in [0.2, 0.25) is 0 Å². The second-order valence-electron chi connectivity index (χ2n) is 4.21. The first-order valence-corrected chi connectivity index (χ1v) is 5.63. The van der Waals surface area contributed by atoms with Gasteiger partial charge in [-0.05, 0) is 24.8 Å². The number of aromatic nitrogens is 1. The van der Waals surface area contributed by atoms with E-state index in [2.05, 4.69) is 4.98 Å². The number of nitrogens with zero attached hydrogens (tertiary/aromatic N) is 1. The zero-order valence-electron chi connectivity index (χ0n) is 8.98. The second kappa shape index (κ2) is 5.12. The molecule has 0 spiro atoms. The molecular weight excluding hydrogens is 188 g/mol. The zero-order valence-corrected chi connectivity index (χ0v) is 8.98. The highest BCUT2D eigenvalue weighted by atomic mass is 16.5. The molecule has 82 valence electrons. The number of anilines is 1. The normalized spacial score (nSPS) is 17.1. The lowest BCUT2D eigenvalue weighted by atomic mass is 10.1. The molecule has 0 aliphatic heterocycles. The van der Waals surface area contributed by atoms with E-state index in [1.807, 2.05) is 12.1 Å². The van der Waals surface area contributed by atoms with E-state index >= 15 is 0 Å². The van der Waals surface area contributed by atoms with Gasteiger partial charge >= 0.3 is 0 Å². The van der Waals surface area contributed by atoms with Crippen molar-refractivity contribution in [3.05, 3.63) is 23.9 Å². The third-order valence-corrected chi connectivity index (χ3v) is 3.01. The van der Waals surface area contributed by atoms with Gasteiger partial charge in [-0.2, -0.15) is 0 Å². The Hall–Kier alpha value is -1.09. The Bertz CT molecular complexity index is 308. The lowest BCUT2D eigenvalue weighted by Gasteiger charge is -2.10. The number of hydrogen-bond acceptors (Lipinski definition) is 3. The molecule has 3 heteroatoms. The van der Waals surface area contributed by atoms with Crippen LogP contribution in [0.5, 0.6) is 0 Å². The van der Waals surface area contributed by atoms with Crippen LogP contribution in [0.1, 0.15) is 31.2 Å². The summed E-state index contributed by atoms with van der Waals surface area (Å²) >= 11 is 0.